The summed E-state index contributed by atoms with van der Waals surface area (Å²) in [4.78, 5) is 13.6. The zero-order valence-corrected chi connectivity index (χ0v) is 18.7. The van der Waals surface area contributed by atoms with Gasteiger partial charge in [0.1, 0.15) is 16.9 Å². The van der Waals surface area contributed by atoms with Crippen LogP contribution in [0, 0.1) is 0 Å². The Bertz CT molecular complexity index is 1690. The van der Waals surface area contributed by atoms with Gasteiger partial charge in [0.05, 0.1) is 11.7 Å². The molecule has 0 amide bonds. The van der Waals surface area contributed by atoms with Crippen LogP contribution in [-0.4, -0.2) is 26.2 Å². The van der Waals surface area contributed by atoms with Crippen LogP contribution >= 0.6 is 0 Å². The van der Waals surface area contributed by atoms with Crippen molar-refractivity contribution in [2.75, 3.05) is 0 Å². The fraction of sp³-hybridized carbons (Fsp3) is 0.107. The zero-order valence-electron chi connectivity index (χ0n) is 18.7. The van der Waals surface area contributed by atoms with E-state index in [9.17, 15) is 5.11 Å². The van der Waals surface area contributed by atoms with Gasteiger partial charge >= 0.3 is 6.01 Å². The zero-order chi connectivity index (χ0) is 23.2. The Hall–Kier alpha value is -4.45. The molecule has 166 valence electrons. The monoisotopic (exact) mass is 447 g/mol. The summed E-state index contributed by atoms with van der Waals surface area (Å²) in [5.41, 5.74) is 2.86. The van der Waals surface area contributed by atoms with Gasteiger partial charge in [-0.05, 0) is 55.0 Å². The second kappa shape index (κ2) is 7.85. The lowest BCUT2D eigenvalue weighted by atomic mass is 10.0. The number of aromatic hydroxyl groups is 1. The normalized spacial score (nSPS) is 11.6. The predicted molar refractivity (Wildman–Crippen MR) is 133 cm³/mol. The molecule has 0 unspecified atom stereocenters. The Morgan fingerprint density at radius 1 is 0.765 bits per heavy atom. The molecule has 4 aromatic carbocycles. The number of ether oxygens (including phenoxy) is 1. The first kappa shape index (κ1) is 20.2. The van der Waals surface area contributed by atoms with Gasteiger partial charge in [0, 0.05) is 16.3 Å². The molecule has 0 fully saturated rings. The number of para-hydroxylation sites is 1. The molecular weight excluding hydrogens is 426 g/mol. The van der Waals surface area contributed by atoms with Crippen LogP contribution in [-0.2, 0) is 0 Å². The minimum atomic E-state index is -0.112. The maximum absolute atomic E-state index is 10.4. The molecule has 2 aromatic heterocycles. The molecule has 0 saturated carbocycles. The van der Waals surface area contributed by atoms with Crippen molar-refractivity contribution in [1.29, 1.82) is 0 Å². The first-order valence-corrected chi connectivity index (χ1v) is 11.1. The third-order valence-electron chi connectivity index (χ3n) is 5.72. The maximum atomic E-state index is 10.4. The molecule has 6 aromatic rings. The Balaban J connectivity index is 1.54. The van der Waals surface area contributed by atoms with E-state index in [0.29, 0.717) is 17.2 Å². The van der Waals surface area contributed by atoms with Crippen LogP contribution in [0.3, 0.4) is 0 Å². The predicted octanol–water partition coefficient (Wildman–Crippen LogP) is 6.75. The summed E-state index contributed by atoms with van der Waals surface area (Å²) in [6.45, 7) is 3.82. The second-order valence-corrected chi connectivity index (χ2v) is 8.42. The number of hydrogen-bond acceptors (Lipinski definition) is 6. The fourth-order valence-electron chi connectivity index (χ4n) is 4.22. The first-order chi connectivity index (χ1) is 16.6. The lowest BCUT2D eigenvalue weighted by Gasteiger charge is -2.11. The molecule has 34 heavy (non-hydrogen) atoms. The van der Waals surface area contributed by atoms with E-state index < -0.39 is 0 Å². The fourth-order valence-corrected chi connectivity index (χ4v) is 4.22. The molecule has 6 nitrogen and oxygen atoms in total. The van der Waals surface area contributed by atoms with E-state index in [2.05, 4.69) is 33.2 Å². The van der Waals surface area contributed by atoms with E-state index in [-0.39, 0.29) is 17.9 Å². The molecule has 0 atom stereocenters. The lowest BCUT2D eigenvalue weighted by Crippen LogP contribution is -2.10. The summed E-state index contributed by atoms with van der Waals surface area (Å²) < 4.78 is 12.0. The van der Waals surface area contributed by atoms with E-state index in [1.54, 1.807) is 18.2 Å². The average molecular weight is 447 g/mol. The van der Waals surface area contributed by atoms with Gasteiger partial charge in [-0.1, -0.05) is 48.5 Å². The number of benzene rings is 4. The van der Waals surface area contributed by atoms with Crippen LogP contribution in [0.4, 0.5) is 0 Å². The van der Waals surface area contributed by atoms with Crippen molar-refractivity contribution >= 4 is 32.7 Å². The third-order valence-corrected chi connectivity index (χ3v) is 5.72. The first-order valence-electron chi connectivity index (χ1n) is 11.1. The van der Waals surface area contributed by atoms with E-state index in [1.807, 2.05) is 56.3 Å². The third kappa shape index (κ3) is 3.40. The van der Waals surface area contributed by atoms with Gasteiger partial charge in [-0.3, -0.25) is 0 Å². The number of nitrogens with zero attached hydrogens (tertiary/aromatic N) is 3. The van der Waals surface area contributed by atoms with Gasteiger partial charge in [0.15, 0.2) is 11.6 Å². The van der Waals surface area contributed by atoms with Gasteiger partial charge in [-0.25, -0.2) is 4.98 Å². The van der Waals surface area contributed by atoms with Crippen LogP contribution in [0.15, 0.2) is 83.3 Å². The maximum Gasteiger partial charge on any atom is 0.320 e. The van der Waals surface area contributed by atoms with E-state index in [0.717, 1.165) is 32.9 Å². The van der Waals surface area contributed by atoms with Gasteiger partial charge in [-0.15, -0.1) is 0 Å². The molecule has 0 aliphatic carbocycles. The molecule has 0 saturated heterocycles. The van der Waals surface area contributed by atoms with E-state index >= 15 is 0 Å². The van der Waals surface area contributed by atoms with Crippen molar-refractivity contribution in [2.24, 2.45) is 0 Å². The van der Waals surface area contributed by atoms with E-state index in [4.69, 9.17) is 9.15 Å². The Morgan fingerprint density at radius 2 is 1.56 bits per heavy atom. The standard InChI is InChI=1S/C28H21N3O3/c1-16(2)33-28-30-26(29-27(31-28)20-9-5-6-10-22(20)32)18-11-13-21-24(15-18)34-23-14-12-17-7-3-4-8-19(17)25(21)23/h3-16,32H,1-2H3. The van der Waals surface area contributed by atoms with Crippen LogP contribution in [0.1, 0.15) is 13.8 Å². The number of fused-ring (bicyclic) bond motifs is 5. The van der Waals surface area contributed by atoms with Gasteiger partial charge in [-0.2, -0.15) is 9.97 Å². The van der Waals surface area contributed by atoms with Gasteiger partial charge < -0.3 is 14.3 Å². The van der Waals surface area contributed by atoms with Gasteiger partial charge in [0.25, 0.3) is 0 Å². The Kier molecular flexibility index (Phi) is 4.66. The molecule has 2 heterocycles. The summed E-state index contributed by atoms with van der Waals surface area (Å²) in [5.74, 6) is 0.875. The molecule has 0 spiro atoms. The van der Waals surface area contributed by atoms with Crippen molar-refractivity contribution in [2.45, 2.75) is 20.0 Å². The minimum absolute atomic E-state index is 0.0924. The smallest absolute Gasteiger partial charge is 0.320 e. The topological polar surface area (TPSA) is 81.3 Å². The highest BCUT2D eigenvalue weighted by Crippen LogP contribution is 2.36. The average Bonchev–Trinajstić information content (AvgIpc) is 3.22. The van der Waals surface area contributed by atoms with Crippen LogP contribution in [0.25, 0.3) is 55.5 Å². The van der Waals surface area contributed by atoms with Crippen LogP contribution in [0.5, 0.6) is 11.8 Å². The van der Waals surface area contributed by atoms with Crippen molar-refractivity contribution < 1.29 is 14.3 Å². The summed E-state index contributed by atoms with van der Waals surface area (Å²) in [6.07, 6.45) is -0.112. The Morgan fingerprint density at radius 3 is 2.41 bits per heavy atom. The minimum Gasteiger partial charge on any atom is -0.507 e. The number of phenolic OH excluding ortho intramolecular Hbond substituents is 1. The molecule has 0 aliphatic heterocycles. The van der Waals surface area contributed by atoms with Crippen LogP contribution < -0.4 is 4.74 Å². The lowest BCUT2D eigenvalue weighted by molar-refractivity contribution is 0.222. The molecule has 0 bridgehead atoms. The van der Waals surface area contributed by atoms with Crippen LogP contribution in [0.2, 0.25) is 0 Å². The summed E-state index contributed by atoms with van der Waals surface area (Å²) in [5, 5.41) is 14.8. The van der Waals surface area contributed by atoms with Crippen molar-refractivity contribution in [3.05, 3.63) is 78.9 Å². The molecule has 0 aliphatic rings. The summed E-state index contributed by atoms with van der Waals surface area (Å²) >= 11 is 0. The van der Waals surface area contributed by atoms with E-state index in [1.165, 1.54) is 5.39 Å². The van der Waals surface area contributed by atoms with Gasteiger partial charge in [0.2, 0.25) is 0 Å². The summed E-state index contributed by atoms with van der Waals surface area (Å²) in [6, 6.07) is 25.5. The number of hydrogen-bond donors (Lipinski definition) is 1. The highest BCUT2D eigenvalue weighted by Gasteiger charge is 2.17. The van der Waals surface area contributed by atoms with Crippen molar-refractivity contribution in [3.63, 3.8) is 0 Å². The largest absolute Gasteiger partial charge is 0.507 e. The summed E-state index contributed by atoms with van der Waals surface area (Å²) in [7, 11) is 0. The molecular formula is C28H21N3O3. The number of aromatic nitrogens is 3. The number of phenols is 1. The number of furan rings is 1. The molecule has 0 radical (unpaired) electrons. The van der Waals surface area contributed by atoms with Crippen molar-refractivity contribution in [1.82, 2.24) is 15.0 Å². The SMILES string of the molecule is CC(C)Oc1nc(-c2ccc3c(c2)oc2ccc4ccccc4c23)nc(-c2ccccc2O)n1. The second-order valence-electron chi connectivity index (χ2n) is 8.42. The highest BCUT2D eigenvalue weighted by molar-refractivity contribution is 6.19. The highest BCUT2D eigenvalue weighted by atomic mass is 16.5. The molecule has 6 rings (SSSR count). The molecule has 1 N–H and O–H groups in total. The molecule has 6 heteroatoms. The number of rotatable bonds is 4. The quantitative estimate of drug-likeness (QED) is 0.322. The Labute approximate surface area is 195 Å². The van der Waals surface area contributed by atoms with Crippen molar-refractivity contribution in [3.8, 4) is 34.5 Å².